The quantitative estimate of drug-likeness (QED) is 0.788. The number of amides is 1. The van der Waals surface area contributed by atoms with Crippen LogP contribution in [0, 0.1) is 11.8 Å². The van der Waals surface area contributed by atoms with E-state index in [1.165, 1.54) is 19.3 Å². The molecule has 1 saturated carbocycles. The Morgan fingerprint density at radius 3 is 2.41 bits per heavy atom. The number of anilines is 2. The van der Waals surface area contributed by atoms with Crippen LogP contribution in [0.5, 0.6) is 0 Å². The van der Waals surface area contributed by atoms with Gasteiger partial charge in [0.2, 0.25) is 5.91 Å². The minimum Gasteiger partial charge on any atom is -0.396 e. The molecule has 160 valence electrons. The summed E-state index contributed by atoms with van der Waals surface area (Å²) in [7, 11) is 0. The number of aromatic nitrogens is 2. The number of carbonyl (C=O) groups excluding carboxylic acids is 1. The minimum absolute atomic E-state index is 0.235. The van der Waals surface area contributed by atoms with Gasteiger partial charge in [0.05, 0.1) is 0 Å². The van der Waals surface area contributed by atoms with E-state index >= 15 is 0 Å². The van der Waals surface area contributed by atoms with E-state index in [9.17, 15) is 9.90 Å². The number of carbonyl (C=O) groups is 1. The molecule has 3 heterocycles. The topological polar surface area (TPSA) is 81.6 Å². The van der Waals surface area contributed by atoms with Crippen LogP contribution in [-0.2, 0) is 4.79 Å². The van der Waals surface area contributed by atoms with Crippen molar-refractivity contribution >= 4 is 17.5 Å². The van der Waals surface area contributed by atoms with Gasteiger partial charge in [-0.2, -0.15) is 0 Å². The van der Waals surface area contributed by atoms with Gasteiger partial charge < -0.3 is 20.2 Å². The third kappa shape index (κ3) is 5.18. The van der Waals surface area contributed by atoms with Crippen molar-refractivity contribution in [1.82, 2.24) is 15.3 Å². The maximum absolute atomic E-state index is 12.5. The van der Waals surface area contributed by atoms with Crippen LogP contribution in [0.3, 0.4) is 0 Å². The Balaban J connectivity index is 1.30. The second-order valence-corrected chi connectivity index (χ2v) is 8.98. The number of aliphatic hydroxyl groups excluding tert-OH is 1. The van der Waals surface area contributed by atoms with E-state index in [2.05, 4.69) is 31.2 Å². The summed E-state index contributed by atoms with van der Waals surface area (Å²) in [4.78, 5) is 26.1. The van der Waals surface area contributed by atoms with Crippen LogP contribution in [0.15, 0.2) is 12.4 Å². The number of hydrogen-bond acceptors (Lipinski definition) is 6. The van der Waals surface area contributed by atoms with Crippen LogP contribution in [0.2, 0.25) is 0 Å². The van der Waals surface area contributed by atoms with Gasteiger partial charge in [0.15, 0.2) is 0 Å². The molecule has 3 aliphatic rings. The molecule has 2 saturated heterocycles. The SMILES string of the molecule is O=C(NC1CCN(c2cc(N3CCCC(CO)C3)ncn2)CC1)C1CCCCC1. The van der Waals surface area contributed by atoms with Crippen LogP contribution < -0.4 is 15.1 Å². The van der Waals surface area contributed by atoms with Crippen molar-refractivity contribution in [2.75, 3.05) is 42.6 Å². The molecule has 0 spiro atoms. The lowest BCUT2D eigenvalue weighted by molar-refractivity contribution is -0.126. The molecule has 3 fully saturated rings. The van der Waals surface area contributed by atoms with Gasteiger partial charge in [-0.15, -0.1) is 0 Å². The molecule has 1 aliphatic carbocycles. The molecular weight excluding hydrogens is 366 g/mol. The third-order valence-electron chi connectivity index (χ3n) is 6.88. The van der Waals surface area contributed by atoms with Crippen molar-refractivity contribution < 1.29 is 9.90 Å². The third-order valence-corrected chi connectivity index (χ3v) is 6.88. The van der Waals surface area contributed by atoms with Crippen molar-refractivity contribution in [3.8, 4) is 0 Å². The number of nitrogens with zero attached hydrogens (tertiary/aromatic N) is 4. The fourth-order valence-electron chi connectivity index (χ4n) is 5.04. The van der Waals surface area contributed by atoms with Gasteiger partial charge >= 0.3 is 0 Å². The van der Waals surface area contributed by atoms with Crippen molar-refractivity contribution in [2.45, 2.75) is 63.8 Å². The molecule has 7 nitrogen and oxygen atoms in total. The maximum atomic E-state index is 12.5. The highest BCUT2D eigenvalue weighted by molar-refractivity contribution is 5.79. The standard InChI is InChI=1S/C22H35N5O2/c28-15-17-5-4-10-27(14-17)21-13-20(23-16-24-21)26-11-8-19(9-12-26)25-22(29)18-6-2-1-3-7-18/h13,16-19,28H,1-12,14-15H2,(H,25,29). The average Bonchev–Trinajstić information content (AvgIpc) is 2.80. The van der Waals surface area contributed by atoms with E-state index in [-0.39, 0.29) is 24.5 Å². The van der Waals surface area contributed by atoms with E-state index in [0.717, 1.165) is 76.3 Å². The fraction of sp³-hybridized carbons (Fsp3) is 0.773. The zero-order valence-electron chi connectivity index (χ0n) is 17.4. The van der Waals surface area contributed by atoms with Crippen molar-refractivity contribution in [2.24, 2.45) is 11.8 Å². The smallest absolute Gasteiger partial charge is 0.223 e. The van der Waals surface area contributed by atoms with Gasteiger partial charge in [0, 0.05) is 50.8 Å². The second-order valence-electron chi connectivity index (χ2n) is 8.98. The Morgan fingerprint density at radius 2 is 1.69 bits per heavy atom. The lowest BCUT2D eigenvalue weighted by Crippen LogP contribution is -2.46. The second kappa shape index (κ2) is 9.74. The summed E-state index contributed by atoms with van der Waals surface area (Å²) in [6.07, 6.45) is 11.6. The monoisotopic (exact) mass is 401 g/mol. The van der Waals surface area contributed by atoms with Crippen molar-refractivity contribution in [3.63, 3.8) is 0 Å². The van der Waals surface area contributed by atoms with E-state index in [4.69, 9.17) is 0 Å². The van der Waals surface area contributed by atoms with Gasteiger partial charge in [0.1, 0.15) is 18.0 Å². The molecule has 4 rings (SSSR count). The molecule has 1 aromatic rings. The molecule has 2 aliphatic heterocycles. The summed E-state index contributed by atoms with van der Waals surface area (Å²) >= 11 is 0. The summed E-state index contributed by atoms with van der Waals surface area (Å²) < 4.78 is 0. The predicted octanol–water partition coefficient (Wildman–Crippen LogP) is 2.35. The summed E-state index contributed by atoms with van der Waals surface area (Å²) in [5.74, 6) is 2.78. The van der Waals surface area contributed by atoms with E-state index in [0.29, 0.717) is 5.92 Å². The summed E-state index contributed by atoms with van der Waals surface area (Å²) in [6.45, 7) is 3.91. The van der Waals surface area contributed by atoms with Crippen LogP contribution in [-0.4, -0.2) is 59.8 Å². The van der Waals surface area contributed by atoms with Crippen LogP contribution in [0.4, 0.5) is 11.6 Å². The number of hydrogen-bond donors (Lipinski definition) is 2. The maximum Gasteiger partial charge on any atom is 0.223 e. The fourth-order valence-corrected chi connectivity index (χ4v) is 5.04. The largest absolute Gasteiger partial charge is 0.396 e. The summed E-state index contributed by atoms with van der Waals surface area (Å²) in [5, 5.41) is 12.8. The average molecular weight is 402 g/mol. The zero-order chi connectivity index (χ0) is 20.1. The first-order valence-corrected chi connectivity index (χ1v) is 11.5. The van der Waals surface area contributed by atoms with E-state index in [1.807, 2.05) is 0 Å². The summed E-state index contributed by atoms with van der Waals surface area (Å²) in [6, 6.07) is 2.37. The van der Waals surface area contributed by atoms with E-state index in [1.54, 1.807) is 6.33 Å². The highest BCUT2D eigenvalue weighted by Gasteiger charge is 2.27. The van der Waals surface area contributed by atoms with Gasteiger partial charge in [-0.05, 0) is 44.4 Å². The molecule has 0 aromatic carbocycles. The normalized spacial score (nSPS) is 24.5. The summed E-state index contributed by atoms with van der Waals surface area (Å²) in [5.41, 5.74) is 0. The van der Waals surface area contributed by atoms with Gasteiger partial charge in [-0.3, -0.25) is 4.79 Å². The van der Waals surface area contributed by atoms with Crippen molar-refractivity contribution in [1.29, 1.82) is 0 Å². The highest BCUT2D eigenvalue weighted by Crippen LogP contribution is 2.26. The lowest BCUT2D eigenvalue weighted by atomic mass is 9.88. The van der Waals surface area contributed by atoms with Crippen molar-refractivity contribution in [3.05, 3.63) is 12.4 Å². The number of nitrogens with one attached hydrogen (secondary N) is 1. The zero-order valence-corrected chi connectivity index (χ0v) is 17.4. The Hall–Kier alpha value is -1.89. The molecule has 1 unspecified atom stereocenters. The Labute approximate surface area is 173 Å². The van der Waals surface area contributed by atoms with E-state index < -0.39 is 0 Å². The number of rotatable bonds is 5. The first-order valence-electron chi connectivity index (χ1n) is 11.5. The molecule has 29 heavy (non-hydrogen) atoms. The molecule has 1 atom stereocenters. The molecule has 2 N–H and O–H groups in total. The van der Waals surface area contributed by atoms with Gasteiger partial charge in [-0.25, -0.2) is 9.97 Å². The van der Waals surface area contributed by atoms with Crippen LogP contribution in [0.1, 0.15) is 57.8 Å². The Morgan fingerprint density at radius 1 is 0.966 bits per heavy atom. The first kappa shape index (κ1) is 20.4. The first-order chi connectivity index (χ1) is 14.2. The number of aliphatic hydroxyl groups is 1. The Bertz CT molecular complexity index is 671. The highest BCUT2D eigenvalue weighted by atomic mass is 16.3. The molecule has 1 amide bonds. The predicted molar refractivity (Wildman–Crippen MR) is 114 cm³/mol. The minimum atomic E-state index is 0.235. The lowest BCUT2D eigenvalue weighted by Gasteiger charge is -2.35. The Kier molecular flexibility index (Phi) is 6.85. The van der Waals surface area contributed by atoms with Gasteiger partial charge in [0.25, 0.3) is 0 Å². The van der Waals surface area contributed by atoms with Crippen LogP contribution >= 0.6 is 0 Å². The van der Waals surface area contributed by atoms with Crippen LogP contribution in [0.25, 0.3) is 0 Å². The number of piperidine rings is 2. The molecule has 0 radical (unpaired) electrons. The molecule has 1 aromatic heterocycles. The van der Waals surface area contributed by atoms with Gasteiger partial charge in [-0.1, -0.05) is 19.3 Å². The molecular formula is C22H35N5O2. The molecule has 7 heteroatoms. The molecule has 0 bridgehead atoms.